The van der Waals surface area contributed by atoms with Crippen LogP contribution >= 0.6 is 11.3 Å². The molecule has 1 aliphatic carbocycles. The molecule has 7 nitrogen and oxygen atoms in total. The van der Waals surface area contributed by atoms with E-state index in [4.69, 9.17) is 0 Å². The number of carbonyl (C=O) groups excluding carboxylic acids is 2. The summed E-state index contributed by atoms with van der Waals surface area (Å²) in [5.41, 5.74) is 5.39. The molecule has 0 fully saturated rings. The summed E-state index contributed by atoms with van der Waals surface area (Å²) in [7, 11) is 0. The van der Waals surface area contributed by atoms with Crippen LogP contribution in [0, 0.1) is 5.92 Å². The van der Waals surface area contributed by atoms with Crippen LogP contribution in [-0.4, -0.2) is 23.7 Å². The highest BCUT2D eigenvalue weighted by atomic mass is 32.1. The Kier molecular flexibility index (Phi) is 4.78. The van der Waals surface area contributed by atoms with Gasteiger partial charge >= 0.3 is 12.1 Å². The number of fused-ring (bicyclic) bond motifs is 1. The molecule has 0 saturated heterocycles. The molecule has 0 saturated carbocycles. The van der Waals surface area contributed by atoms with Crippen molar-refractivity contribution in [1.29, 1.82) is 0 Å². The van der Waals surface area contributed by atoms with Crippen LogP contribution in [0.1, 0.15) is 30.8 Å². The molecular formula is C12H18N4O3S. The summed E-state index contributed by atoms with van der Waals surface area (Å²) >= 11 is 1.48. The number of anilines is 1. The molecule has 1 aliphatic rings. The Hall–Kier alpha value is -1.83. The van der Waals surface area contributed by atoms with Gasteiger partial charge in [0.25, 0.3) is 0 Å². The first-order chi connectivity index (χ1) is 9.58. The van der Waals surface area contributed by atoms with Crippen LogP contribution in [0.15, 0.2) is 0 Å². The summed E-state index contributed by atoms with van der Waals surface area (Å²) in [5.74, 6) is 0.662. The van der Waals surface area contributed by atoms with E-state index < -0.39 is 12.1 Å². The zero-order valence-corrected chi connectivity index (χ0v) is 12.3. The summed E-state index contributed by atoms with van der Waals surface area (Å²) < 4.78 is 4.61. The number of aryl methyl sites for hydroxylation is 1. The first-order valence-corrected chi connectivity index (χ1v) is 7.38. The smallest absolute Gasteiger partial charge is 0.426 e. The van der Waals surface area contributed by atoms with Crippen molar-refractivity contribution < 1.29 is 14.3 Å². The number of carbonyl (C=O) groups is 2. The second-order valence-corrected chi connectivity index (χ2v) is 5.75. The largest absolute Gasteiger partial charge is 0.449 e. The summed E-state index contributed by atoms with van der Waals surface area (Å²) in [6.07, 6.45) is 2.40. The van der Waals surface area contributed by atoms with Crippen LogP contribution in [0.25, 0.3) is 0 Å². The minimum atomic E-state index is -0.699. The molecule has 3 amide bonds. The molecule has 8 heteroatoms. The van der Waals surface area contributed by atoms with Crippen LogP contribution in [0.3, 0.4) is 0 Å². The number of rotatable bonds is 2. The number of hydrazine groups is 1. The Balaban J connectivity index is 1.84. The maximum atomic E-state index is 11.6. The van der Waals surface area contributed by atoms with Gasteiger partial charge in [-0.15, -0.1) is 11.3 Å². The lowest BCUT2D eigenvalue weighted by Crippen LogP contribution is -2.44. The van der Waals surface area contributed by atoms with Crippen molar-refractivity contribution in [2.75, 3.05) is 11.9 Å². The van der Waals surface area contributed by atoms with Crippen molar-refractivity contribution in [2.24, 2.45) is 5.92 Å². The highest BCUT2D eigenvalue weighted by Crippen LogP contribution is 2.31. The van der Waals surface area contributed by atoms with Crippen molar-refractivity contribution in [3.8, 4) is 0 Å². The Labute approximate surface area is 121 Å². The van der Waals surface area contributed by atoms with Gasteiger partial charge in [0.05, 0.1) is 12.3 Å². The van der Waals surface area contributed by atoms with Gasteiger partial charge in [-0.2, -0.15) is 0 Å². The van der Waals surface area contributed by atoms with Gasteiger partial charge in [-0.3, -0.25) is 5.32 Å². The predicted octanol–water partition coefficient (Wildman–Crippen LogP) is 2.05. The maximum absolute atomic E-state index is 11.6. The highest BCUT2D eigenvalue weighted by Gasteiger charge is 2.20. The third-order valence-corrected chi connectivity index (χ3v) is 4.00. The molecule has 110 valence electrons. The molecule has 2 rings (SSSR count). The summed E-state index contributed by atoms with van der Waals surface area (Å²) in [5, 5.41) is 3.15. The SMILES string of the molecule is CCOC(=O)NNC(=O)Nc1nc2c(s1)C[C@@H](C)CC2. The molecule has 20 heavy (non-hydrogen) atoms. The fourth-order valence-corrected chi connectivity index (χ4v) is 3.16. The van der Waals surface area contributed by atoms with E-state index in [1.165, 1.54) is 16.2 Å². The molecule has 0 bridgehead atoms. The van der Waals surface area contributed by atoms with Gasteiger partial charge < -0.3 is 4.74 Å². The number of nitrogens with zero attached hydrogens (tertiary/aromatic N) is 1. The van der Waals surface area contributed by atoms with E-state index in [1.54, 1.807) is 6.92 Å². The van der Waals surface area contributed by atoms with Crippen LogP contribution in [0.4, 0.5) is 14.7 Å². The molecule has 1 heterocycles. The summed E-state index contributed by atoms with van der Waals surface area (Å²) in [6.45, 7) is 4.14. The quantitative estimate of drug-likeness (QED) is 0.729. The zero-order chi connectivity index (χ0) is 14.5. The van der Waals surface area contributed by atoms with Crippen LogP contribution in [0.2, 0.25) is 0 Å². The van der Waals surface area contributed by atoms with Crippen molar-refractivity contribution in [3.05, 3.63) is 10.6 Å². The van der Waals surface area contributed by atoms with E-state index >= 15 is 0 Å². The normalized spacial score (nSPS) is 17.0. The second-order valence-electron chi connectivity index (χ2n) is 4.66. The minimum Gasteiger partial charge on any atom is -0.449 e. The lowest BCUT2D eigenvalue weighted by Gasteiger charge is -2.15. The molecule has 1 aromatic heterocycles. The van der Waals surface area contributed by atoms with E-state index in [0.29, 0.717) is 11.0 Å². The standard InChI is InChI=1S/C12H18N4O3S/c1-3-19-12(18)16-15-10(17)14-11-13-8-5-4-7(2)6-9(8)20-11/h7H,3-6H2,1-2H3,(H,16,18)(H2,13,14,15,17)/t7-/m0/s1. The fourth-order valence-electron chi connectivity index (χ4n) is 2.00. The Morgan fingerprint density at radius 1 is 1.45 bits per heavy atom. The van der Waals surface area contributed by atoms with Crippen molar-refractivity contribution in [2.45, 2.75) is 33.1 Å². The van der Waals surface area contributed by atoms with Crippen molar-refractivity contribution >= 4 is 28.6 Å². The monoisotopic (exact) mass is 298 g/mol. The van der Waals surface area contributed by atoms with Gasteiger partial charge in [0, 0.05) is 4.88 Å². The highest BCUT2D eigenvalue weighted by molar-refractivity contribution is 7.15. The lowest BCUT2D eigenvalue weighted by molar-refractivity contribution is 0.148. The van der Waals surface area contributed by atoms with Gasteiger partial charge in [-0.25, -0.2) is 25.4 Å². The molecule has 0 unspecified atom stereocenters. The average molecular weight is 298 g/mol. The van der Waals surface area contributed by atoms with Gasteiger partial charge in [-0.05, 0) is 32.1 Å². The number of hydrogen-bond acceptors (Lipinski definition) is 5. The molecule has 1 atom stereocenters. The van der Waals surface area contributed by atoms with E-state index in [9.17, 15) is 9.59 Å². The Morgan fingerprint density at radius 2 is 2.25 bits per heavy atom. The third kappa shape index (κ3) is 3.83. The van der Waals surface area contributed by atoms with Crippen molar-refractivity contribution in [3.63, 3.8) is 0 Å². The van der Waals surface area contributed by atoms with E-state index in [2.05, 4.69) is 32.8 Å². The van der Waals surface area contributed by atoms with E-state index in [1.807, 2.05) is 0 Å². The summed E-state index contributed by atoms with van der Waals surface area (Å²) in [6, 6.07) is -0.544. The van der Waals surface area contributed by atoms with E-state index in [-0.39, 0.29) is 6.61 Å². The van der Waals surface area contributed by atoms with Crippen LogP contribution in [-0.2, 0) is 17.6 Å². The third-order valence-electron chi connectivity index (χ3n) is 2.96. The number of hydrogen-bond donors (Lipinski definition) is 3. The van der Waals surface area contributed by atoms with E-state index in [0.717, 1.165) is 25.0 Å². The topological polar surface area (TPSA) is 92.4 Å². The predicted molar refractivity (Wildman–Crippen MR) is 75.6 cm³/mol. The van der Waals surface area contributed by atoms with Gasteiger partial charge in [0.1, 0.15) is 0 Å². The van der Waals surface area contributed by atoms with Gasteiger partial charge in [0.15, 0.2) is 5.13 Å². The number of thiazole rings is 1. The number of amides is 3. The minimum absolute atomic E-state index is 0.243. The molecule has 3 N–H and O–H groups in total. The molecule has 0 aromatic carbocycles. The fraction of sp³-hybridized carbons (Fsp3) is 0.583. The molecule has 0 spiro atoms. The lowest BCUT2D eigenvalue weighted by atomic mass is 9.93. The number of urea groups is 1. The van der Waals surface area contributed by atoms with Gasteiger partial charge in [0.2, 0.25) is 0 Å². The van der Waals surface area contributed by atoms with Crippen LogP contribution < -0.4 is 16.2 Å². The molecule has 1 aromatic rings. The van der Waals surface area contributed by atoms with Crippen LogP contribution in [0.5, 0.6) is 0 Å². The number of aromatic nitrogens is 1. The summed E-state index contributed by atoms with van der Waals surface area (Å²) in [4.78, 5) is 28.2. The average Bonchev–Trinajstić information content (AvgIpc) is 2.78. The number of nitrogens with one attached hydrogen (secondary N) is 3. The molecule has 0 aliphatic heterocycles. The first kappa shape index (κ1) is 14.6. The second kappa shape index (κ2) is 6.56. The Bertz CT molecular complexity index is 503. The van der Waals surface area contributed by atoms with Crippen molar-refractivity contribution in [1.82, 2.24) is 15.8 Å². The first-order valence-electron chi connectivity index (χ1n) is 6.56. The molecule has 0 radical (unpaired) electrons. The van der Waals surface area contributed by atoms with Gasteiger partial charge in [-0.1, -0.05) is 6.92 Å². The maximum Gasteiger partial charge on any atom is 0.426 e. The zero-order valence-electron chi connectivity index (χ0n) is 11.5. The Morgan fingerprint density at radius 3 is 3.00 bits per heavy atom. The number of ether oxygens (including phenoxy) is 1. The molecular weight excluding hydrogens is 280 g/mol.